The van der Waals surface area contributed by atoms with Crippen LogP contribution in [-0.4, -0.2) is 16.4 Å². The highest BCUT2D eigenvalue weighted by Gasteiger charge is 1.96. The van der Waals surface area contributed by atoms with Gasteiger partial charge in [-0.1, -0.05) is 5.16 Å². The lowest BCUT2D eigenvalue weighted by Gasteiger charge is -1.97. The van der Waals surface area contributed by atoms with Crippen LogP contribution in [0.2, 0.25) is 0 Å². The van der Waals surface area contributed by atoms with Gasteiger partial charge in [-0.05, 0) is 41.6 Å². The SMILES string of the molecule is Cc1nc(I)ccc1/C=N/O. The van der Waals surface area contributed by atoms with Crippen molar-refractivity contribution < 1.29 is 5.21 Å². The first-order valence-corrected chi connectivity index (χ1v) is 4.12. The van der Waals surface area contributed by atoms with E-state index in [0.29, 0.717) is 0 Å². The molecule has 58 valence electrons. The average molecular weight is 262 g/mol. The van der Waals surface area contributed by atoms with Crippen molar-refractivity contribution in [2.75, 3.05) is 0 Å². The molecule has 4 heteroatoms. The van der Waals surface area contributed by atoms with E-state index in [-0.39, 0.29) is 0 Å². The first-order chi connectivity index (χ1) is 5.24. The molecule has 0 aliphatic carbocycles. The van der Waals surface area contributed by atoms with E-state index in [1.165, 1.54) is 6.21 Å². The van der Waals surface area contributed by atoms with Crippen molar-refractivity contribution in [3.8, 4) is 0 Å². The second-order valence-corrected chi connectivity index (χ2v) is 3.16. The molecule has 0 aromatic carbocycles. The molecule has 11 heavy (non-hydrogen) atoms. The standard InChI is InChI=1S/C7H7IN2O/c1-5-6(4-9-11)2-3-7(8)10-5/h2-4,11H,1H3/b9-4+. The van der Waals surface area contributed by atoms with Crippen molar-refractivity contribution in [1.82, 2.24) is 4.98 Å². The molecule has 0 radical (unpaired) electrons. The Bertz CT molecular complexity index is 286. The van der Waals surface area contributed by atoms with Crippen LogP contribution in [-0.2, 0) is 0 Å². The molecule has 0 unspecified atom stereocenters. The van der Waals surface area contributed by atoms with Gasteiger partial charge >= 0.3 is 0 Å². The summed E-state index contributed by atoms with van der Waals surface area (Å²) in [6.07, 6.45) is 1.37. The summed E-state index contributed by atoms with van der Waals surface area (Å²) in [6.45, 7) is 1.87. The molecular formula is C7H7IN2O. The Hall–Kier alpha value is -0.650. The Morgan fingerprint density at radius 1 is 1.64 bits per heavy atom. The first kappa shape index (κ1) is 8.45. The van der Waals surface area contributed by atoms with Gasteiger partial charge in [0.2, 0.25) is 0 Å². The summed E-state index contributed by atoms with van der Waals surface area (Å²) < 4.78 is 0.940. The molecule has 1 heterocycles. The predicted octanol–water partition coefficient (Wildman–Crippen LogP) is 1.80. The molecule has 0 amide bonds. The molecule has 1 aromatic heterocycles. The first-order valence-electron chi connectivity index (χ1n) is 3.04. The highest BCUT2D eigenvalue weighted by atomic mass is 127. The van der Waals surface area contributed by atoms with Crippen molar-refractivity contribution in [1.29, 1.82) is 0 Å². The van der Waals surface area contributed by atoms with E-state index in [2.05, 4.69) is 32.7 Å². The lowest BCUT2D eigenvalue weighted by Crippen LogP contribution is -1.92. The summed E-state index contributed by atoms with van der Waals surface area (Å²) in [4.78, 5) is 4.18. The number of hydrogen-bond donors (Lipinski definition) is 1. The van der Waals surface area contributed by atoms with Crippen LogP contribution in [0.5, 0.6) is 0 Å². The maximum atomic E-state index is 8.25. The number of aryl methyl sites for hydroxylation is 1. The quantitative estimate of drug-likeness (QED) is 0.276. The number of pyridine rings is 1. The second-order valence-electron chi connectivity index (χ2n) is 2.05. The van der Waals surface area contributed by atoms with Gasteiger partial charge in [0, 0.05) is 11.3 Å². The zero-order chi connectivity index (χ0) is 8.27. The molecule has 0 atom stereocenters. The van der Waals surface area contributed by atoms with E-state index in [0.717, 1.165) is 15.0 Å². The lowest BCUT2D eigenvalue weighted by atomic mass is 10.2. The molecule has 1 aromatic rings. The fourth-order valence-electron chi connectivity index (χ4n) is 0.740. The Labute approximate surface area is 78.3 Å². The average Bonchev–Trinajstić information content (AvgIpc) is 1.95. The van der Waals surface area contributed by atoms with Gasteiger partial charge in [-0.25, -0.2) is 4.98 Å². The number of oxime groups is 1. The minimum absolute atomic E-state index is 0.841. The topological polar surface area (TPSA) is 45.5 Å². The molecular weight excluding hydrogens is 255 g/mol. The highest BCUT2D eigenvalue weighted by molar-refractivity contribution is 14.1. The van der Waals surface area contributed by atoms with Crippen LogP contribution in [0.1, 0.15) is 11.3 Å². The summed E-state index contributed by atoms with van der Waals surface area (Å²) in [5, 5.41) is 11.2. The van der Waals surface area contributed by atoms with Crippen molar-refractivity contribution in [3.05, 3.63) is 27.1 Å². The maximum Gasteiger partial charge on any atom is 0.101 e. The Morgan fingerprint density at radius 2 is 2.36 bits per heavy atom. The molecule has 0 saturated heterocycles. The fraction of sp³-hybridized carbons (Fsp3) is 0.143. The third-order valence-corrected chi connectivity index (χ3v) is 1.89. The van der Waals surface area contributed by atoms with E-state index in [9.17, 15) is 0 Å². The van der Waals surface area contributed by atoms with Gasteiger partial charge < -0.3 is 5.21 Å². The van der Waals surface area contributed by atoms with E-state index in [1.54, 1.807) is 0 Å². The molecule has 1 N–H and O–H groups in total. The van der Waals surface area contributed by atoms with E-state index >= 15 is 0 Å². The summed E-state index contributed by atoms with van der Waals surface area (Å²) in [5.74, 6) is 0. The second kappa shape index (κ2) is 3.66. The third kappa shape index (κ3) is 2.14. The minimum atomic E-state index is 0.841. The molecule has 3 nitrogen and oxygen atoms in total. The van der Waals surface area contributed by atoms with Crippen LogP contribution in [0.3, 0.4) is 0 Å². The van der Waals surface area contributed by atoms with Crippen LogP contribution in [0.4, 0.5) is 0 Å². The summed E-state index contributed by atoms with van der Waals surface area (Å²) in [6, 6.07) is 3.73. The smallest absolute Gasteiger partial charge is 0.101 e. The summed E-state index contributed by atoms with van der Waals surface area (Å²) in [7, 11) is 0. The van der Waals surface area contributed by atoms with Crippen molar-refractivity contribution in [2.24, 2.45) is 5.16 Å². The van der Waals surface area contributed by atoms with Crippen molar-refractivity contribution in [3.63, 3.8) is 0 Å². The molecule has 1 rings (SSSR count). The van der Waals surface area contributed by atoms with Crippen LogP contribution in [0.25, 0.3) is 0 Å². The molecule has 0 bridgehead atoms. The highest BCUT2D eigenvalue weighted by Crippen LogP contribution is 2.05. The normalized spacial score (nSPS) is 10.7. The van der Waals surface area contributed by atoms with E-state index < -0.39 is 0 Å². The largest absolute Gasteiger partial charge is 0.411 e. The van der Waals surface area contributed by atoms with Gasteiger partial charge in [0.15, 0.2) is 0 Å². The fourth-order valence-corrected chi connectivity index (χ4v) is 1.28. The Morgan fingerprint density at radius 3 is 2.91 bits per heavy atom. The molecule has 0 spiro atoms. The van der Waals surface area contributed by atoms with Crippen LogP contribution in [0, 0.1) is 10.6 Å². The third-order valence-electron chi connectivity index (χ3n) is 1.29. The zero-order valence-corrected chi connectivity index (χ0v) is 8.11. The van der Waals surface area contributed by atoms with Crippen LogP contribution >= 0.6 is 22.6 Å². The van der Waals surface area contributed by atoms with Gasteiger partial charge in [-0.3, -0.25) is 0 Å². The van der Waals surface area contributed by atoms with Gasteiger partial charge in [0.1, 0.15) is 3.70 Å². The van der Waals surface area contributed by atoms with Gasteiger partial charge in [-0.15, -0.1) is 0 Å². The zero-order valence-electron chi connectivity index (χ0n) is 5.95. The van der Waals surface area contributed by atoms with Gasteiger partial charge in [-0.2, -0.15) is 0 Å². The summed E-state index contributed by atoms with van der Waals surface area (Å²) in [5.41, 5.74) is 1.71. The lowest BCUT2D eigenvalue weighted by molar-refractivity contribution is 0.322. The van der Waals surface area contributed by atoms with Gasteiger partial charge in [0.05, 0.1) is 6.21 Å². The van der Waals surface area contributed by atoms with Crippen LogP contribution < -0.4 is 0 Å². The Balaban J connectivity index is 3.09. The number of hydrogen-bond acceptors (Lipinski definition) is 3. The number of aromatic nitrogens is 1. The van der Waals surface area contributed by atoms with Gasteiger partial charge in [0.25, 0.3) is 0 Å². The summed E-state index contributed by atoms with van der Waals surface area (Å²) >= 11 is 2.13. The van der Waals surface area contributed by atoms with E-state index in [1.807, 2.05) is 19.1 Å². The monoisotopic (exact) mass is 262 g/mol. The van der Waals surface area contributed by atoms with Crippen molar-refractivity contribution in [2.45, 2.75) is 6.92 Å². The Kier molecular flexibility index (Phi) is 2.81. The minimum Gasteiger partial charge on any atom is -0.411 e. The van der Waals surface area contributed by atoms with Crippen molar-refractivity contribution >= 4 is 28.8 Å². The molecule has 0 aliphatic heterocycles. The predicted molar refractivity (Wildman–Crippen MR) is 51.1 cm³/mol. The number of rotatable bonds is 1. The molecule has 0 aliphatic rings. The molecule has 0 fully saturated rings. The van der Waals surface area contributed by atoms with E-state index in [4.69, 9.17) is 5.21 Å². The van der Waals surface area contributed by atoms with Crippen LogP contribution in [0.15, 0.2) is 17.3 Å². The maximum absolute atomic E-state index is 8.25. The molecule has 0 saturated carbocycles. The number of halogens is 1. The number of nitrogens with zero attached hydrogens (tertiary/aromatic N) is 2.